The Bertz CT molecular complexity index is 5500. The number of aryl methyl sites for hydroxylation is 4. The highest BCUT2D eigenvalue weighted by Crippen LogP contribution is 2.33. The van der Waals surface area contributed by atoms with Crippen molar-refractivity contribution in [2.45, 2.75) is 101 Å². The predicted octanol–water partition coefficient (Wildman–Crippen LogP) is 17.6. The highest BCUT2D eigenvalue weighted by atomic mass is 16.3. The minimum absolute atomic E-state index is 0. The van der Waals surface area contributed by atoms with Crippen LogP contribution in [0.1, 0.15) is 165 Å². The maximum atomic E-state index is 13.2. The number of phenolic OH excluding ortho intramolecular Hbond substituents is 4. The first-order valence-electron chi connectivity index (χ1n) is 36.3. The van der Waals surface area contributed by atoms with Crippen molar-refractivity contribution in [1.82, 2.24) is 0 Å². The number of allylic oxidation sites excluding steroid dienone is 2. The third-order valence-corrected chi connectivity index (χ3v) is 19.0. The van der Waals surface area contributed by atoms with Gasteiger partial charge in [-0.2, -0.15) is 10.5 Å². The first-order chi connectivity index (χ1) is 54.4. The zero-order valence-corrected chi connectivity index (χ0v) is 63.9. The number of ketones is 4. The van der Waals surface area contributed by atoms with Crippen LogP contribution >= 0.6 is 0 Å². The summed E-state index contributed by atoms with van der Waals surface area (Å²) in [6.45, 7) is 14.1. The lowest BCUT2D eigenvalue weighted by atomic mass is 9.94. The van der Waals surface area contributed by atoms with Gasteiger partial charge in [-0.25, -0.2) is 0 Å². The van der Waals surface area contributed by atoms with Crippen LogP contribution < -0.4 is 31.9 Å². The molecule has 0 bridgehead atoms. The number of hydrogen-bond acceptors (Lipinski definition) is 16. The van der Waals surface area contributed by atoms with E-state index in [-0.39, 0.29) is 109 Å². The quantitative estimate of drug-likeness (QED) is 0.0161. The summed E-state index contributed by atoms with van der Waals surface area (Å²) in [6, 6.07) is 59.1. The van der Waals surface area contributed by atoms with Gasteiger partial charge in [0.1, 0.15) is 23.0 Å². The number of phenols is 4. The number of nitriles is 2. The third kappa shape index (κ3) is 23.7. The molecule has 2 atom stereocenters. The van der Waals surface area contributed by atoms with Crippen LogP contribution in [0.4, 0.5) is 34.1 Å². The highest BCUT2D eigenvalue weighted by Gasteiger charge is 2.27. The second kappa shape index (κ2) is 39.8. The fraction of sp³-hybridized carbons (Fsp3) is 0.183. The molecule has 0 spiro atoms. The summed E-state index contributed by atoms with van der Waals surface area (Å²) in [5.74, 6) is -5.43. The molecule has 10 aromatic carbocycles. The highest BCUT2D eigenvalue weighted by molar-refractivity contribution is 6.11. The van der Waals surface area contributed by atoms with Crippen molar-refractivity contribution in [3.8, 4) is 35.1 Å². The van der Waals surface area contributed by atoms with E-state index >= 15 is 0 Å². The molecule has 10 N–H and O–H groups in total. The number of aromatic hydroxyl groups is 4. The summed E-state index contributed by atoms with van der Waals surface area (Å²) in [5, 5.41) is 75.4. The summed E-state index contributed by atoms with van der Waals surface area (Å²) in [5.41, 5.74) is 12.5. The van der Waals surface area contributed by atoms with Gasteiger partial charge in [-0.05, 0) is 233 Å². The van der Waals surface area contributed by atoms with Crippen molar-refractivity contribution >= 4 is 105 Å². The van der Waals surface area contributed by atoms with E-state index in [0.29, 0.717) is 101 Å². The predicted molar refractivity (Wildman–Crippen MR) is 445 cm³/mol. The smallest absolute Gasteiger partial charge is 0.259 e. The van der Waals surface area contributed by atoms with Crippen LogP contribution in [0, 0.1) is 76.0 Å². The molecule has 2 unspecified atom stereocenters. The van der Waals surface area contributed by atoms with Gasteiger partial charge in [-0.3, -0.25) is 47.9 Å². The standard InChI is InChI=1S/2C46H42N4O7.CH4/c1-27-5-19-40(30(4)43(27)54)50-46(57)35-14-20-39(28(2)24-35)49-44(55)34-12-15-37(16-13-34)48-45(56)36(21-22-47)26-42(53)33-10-6-32(7-11-33)25-41(52)29(3)23-31-8-17-38(51)18-9-31;1-27-5-19-39(28(2)23-27)49-46(57)38-18-20-40(30(4)43(38)54)50-44(55)34-12-14-36(15-13-34)48-45(56)35(21-22-47)26-42(53)33-10-6-32(7-11-33)25-41(52)29(3)24-31-8-16-37(51)17-9-31;/h5-20,23-24,36,51,54H,21,25-26H2,1-4H3,(H,48,56)(H,49,55)(H,50,57);5-20,23-24,35,51,54H,21,25-26H2,1-4H3,(H,48,56)(H,49,57)(H,50,55);1H4/b29-23+;29-24+;. The molecule has 22 heteroatoms. The Labute approximate surface area is 666 Å². The Morgan fingerprint density at radius 2 is 0.730 bits per heavy atom. The largest absolute Gasteiger partial charge is 0.508 e. The van der Waals surface area contributed by atoms with Gasteiger partial charge in [-0.15, -0.1) is 0 Å². The molecule has 115 heavy (non-hydrogen) atoms. The van der Waals surface area contributed by atoms with Gasteiger partial charge in [0.25, 0.3) is 23.6 Å². The van der Waals surface area contributed by atoms with E-state index < -0.39 is 41.4 Å². The molecule has 0 aliphatic carbocycles. The molecule has 584 valence electrons. The molecular weight excluding hydrogens is 1450 g/mol. The molecule has 0 aromatic heterocycles. The van der Waals surface area contributed by atoms with E-state index in [0.717, 1.165) is 22.3 Å². The number of rotatable bonds is 28. The number of nitrogens with one attached hydrogen (secondary N) is 6. The normalized spacial score (nSPS) is 11.4. The zero-order valence-electron chi connectivity index (χ0n) is 63.9. The Hall–Kier alpha value is -14.6. The number of hydrogen-bond donors (Lipinski definition) is 10. The maximum Gasteiger partial charge on any atom is 0.259 e. The fourth-order valence-corrected chi connectivity index (χ4v) is 12.0. The first kappa shape index (κ1) is 86.0. The summed E-state index contributed by atoms with van der Waals surface area (Å²) in [7, 11) is 0. The van der Waals surface area contributed by atoms with E-state index in [2.05, 4.69) is 31.9 Å². The minimum Gasteiger partial charge on any atom is -0.508 e. The van der Waals surface area contributed by atoms with Crippen LogP contribution in [0.3, 0.4) is 0 Å². The van der Waals surface area contributed by atoms with Crippen molar-refractivity contribution in [1.29, 1.82) is 10.5 Å². The average Bonchev–Trinajstić information content (AvgIpc) is 0.907. The Morgan fingerprint density at radius 3 is 1.15 bits per heavy atom. The van der Waals surface area contributed by atoms with Crippen molar-refractivity contribution in [2.24, 2.45) is 11.8 Å². The number of amides is 6. The van der Waals surface area contributed by atoms with Crippen molar-refractivity contribution in [3.63, 3.8) is 0 Å². The molecule has 0 aliphatic heterocycles. The van der Waals surface area contributed by atoms with E-state index in [1.54, 1.807) is 199 Å². The molecule has 0 radical (unpaired) electrons. The van der Waals surface area contributed by atoms with Gasteiger partial charge in [-0.1, -0.05) is 104 Å². The Morgan fingerprint density at radius 1 is 0.374 bits per heavy atom. The molecule has 10 rings (SSSR count). The van der Waals surface area contributed by atoms with Crippen LogP contribution in [0.2, 0.25) is 0 Å². The second-order valence-corrected chi connectivity index (χ2v) is 27.6. The zero-order chi connectivity index (χ0) is 82.4. The SMILES string of the molecule is C.C/C(=C\c1ccc(O)cc1)C(=O)Cc1ccc(C(=O)CC(CC#N)C(=O)Nc2ccc(C(=O)Nc3ccc(C(=O)Nc4ccc(C)c(O)c4C)cc3C)cc2)cc1.C/C(=C\c1ccc(O)cc1)C(=O)Cc1ccc(C(=O)CC(CC#N)C(=O)Nc2ccc(C(=O)Nc3ccc(C(=O)Nc4ccc(C)cc4C)c(O)c3C)cc2)cc1. The molecule has 10 aromatic rings. The van der Waals surface area contributed by atoms with Crippen LogP contribution in [0.5, 0.6) is 23.0 Å². The lowest BCUT2D eigenvalue weighted by Crippen LogP contribution is -2.25. The minimum atomic E-state index is -0.943. The van der Waals surface area contributed by atoms with Crippen LogP contribution in [-0.2, 0) is 32.0 Å². The number of Topliss-reactive ketones (excluding diaryl/α,β-unsaturated/α-hetero) is 4. The summed E-state index contributed by atoms with van der Waals surface area (Å²) in [4.78, 5) is 130. The third-order valence-electron chi connectivity index (χ3n) is 19.0. The molecule has 0 saturated heterocycles. The van der Waals surface area contributed by atoms with Crippen LogP contribution in [-0.4, -0.2) is 79.0 Å². The number of carbonyl (C=O) groups is 10. The van der Waals surface area contributed by atoms with E-state index in [1.165, 1.54) is 48.5 Å². The summed E-state index contributed by atoms with van der Waals surface area (Å²) in [6.07, 6.45) is 2.92. The average molecular weight is 1540 g/mol. The van der Waals surface area contributed by atoms with Crippen molar-refractivity contribution < 1.29 is 68.4 Å². The molecule has 6 amide bonds. The molecule has 0 fully saturated rings. The summed E-state index contributed by atoms with van der Waals surface area (Å²) >= 11 is 0. The summed E-state index contributed by atoms with van der Waals surface area (Å²) < 4.78 is 0. The second-order valence-electron chi connectivity index (χ2n) is 27.6. The molecule has 0 heterocycles. The van der Waals surface area contributed by atoms with Crippen LogP contribution in [0.25, 0.3) is 12.2 Å². The number of nitrogens with zero attached hydrogens (tertiary/aromatic N) is 2. The monoisotopic (exact) mass is 1540 g/mol. The van der Waals surface area contributed by atoms with Gasteiger partial charge in [0.15, 0.2) is 23.1 Å². The first-order valence-corrected chi connectivity index (χ1v) is 36.3. The molecular formula is C93H88N8O14. The van der Waals surface area contributed by atoms with E-state index in [9.17, 15) is 78.9 Å². The number of anilines is 6. The molecule has 22 nitrogen and oxygen atoms in total. The van der Waals surface area contributed by atoms with E-state index in [1.807, 2.05) is 38.1 Å². The molecule has 0 aliphatic rings. The van der Waals surface area contributed by atoms with Gasteiger partial charge in [0, 0.05) is 112 Å². The van der Waals surface area contributed by atoms with Gasteiger partial charge in [0.2, 0.25) is 11.8 Å². The van der Waals surface area contributed by atoms with Gasteiger partial charge < -0.3 is 52.3 Å². The van der Waals surface area contributed by atoms with Gasteiger partial charge in [0.05, 0.1) is 29.5 Å². The number of benzene rings is 10. The van der Waals surface area contributed by atoms with Crippen LogP contribution in [0.15, 0.2) is 217 Å². The topological polar surface area (TPSA) is 371 Å². The maximum absolute atomic E-state index is 13.2. The Balaban J connectivity index is 0.000000285. The van der Waals surface area contributed by atoms with Gasteiger partial charge >= 0.3 is 0 Å². The lowest BCUT2D eigenvalue weighted by molar-refractivity contribution is -0.120. The fourth-order valence-electron chi connectivity index (χ4n) is 12.0. The van der Waals surface area contributed by atoms with Crippen molar-refractivity contribution in [2.75, 3.05) is 31.9 Å². The number of carbonyl (C=O) groups excluding carboxylic acids is 10. The molecule has 0 saturated carbocycles. The van der Waals surface area contributed by atoms with E-state index in [4.69, 9.17) is 0 Å². The van der Waals surface area contributed by atoms with Crippen molar-refractivity contribution in [3.05, 3.63) is 306 Å². The lowest BCUT2D eigenvalue weighted by Gasteiger charge is -2.15. The Kier molecular flexibility index (Phi) is 29.8.